The first-order chi connectivity index (χ1) is 13.3. The predicted molar refractivity (Wildman–Crippen MR) is 105 cm³/mol. The standard InChI is InChI=1S/C20H18N4O4/c1-13-7-8-15(11-14(13)2)16-9-10-20(26)23(22-16)12-19(25)21-17-5-3-4-6-18(17)24(27)28/h3-11H,12H2,1-2H3,(H,21,25). The molecule has 0 unspecified atom stereocenters. The molecule has 1 N–H and O–H groups in total. The molecule has 0 aliphatic carbocycles. The molecule has 0 saturated carbocycles. The number of rotatable bonds is 5. The van der Waals surface area contributed by atoms with Crippen molar-refractivity contribution in [2.24, 2.45) is 0 Å². The fourth-order valence-electron chi connectivity index (χ4n) is 2.68. The molecule has 1 aromatic heterocycles. The average Bonchev–Trinajstić information content (AvgIpc) is 2.66. The van der Waals surface area contributed by atoms with Crippen LogP contribution >= 0.6 is 0 Å². The normalized spacial score (nSPS) is 10.5. The van der Waals surface area contributed by atoms with Gasteiger partial charge in [0.15, 0.2) is 0 Å². The lowest BCUT2D eigenvalue weighted by Crippen LogP contribution is -2.29. The first-order valence-electron chi connectivity index (χ1n) is 8.54. The summed E-state index contributed by atoms with van der Waals surface area (Å²) in [6.45, 7) is 3.62. The highest BCUT2D eigenvalue weighted by molar-refractivity contribution is 5.92. The van der Waals surface area contributed by atoms with E-state index in [1.165, 1.54) is 24.3 Å². The molecule has 1 amide bonds. The summed E-state index contributed by atoms with van der Waals surface area (Å²) in [6, 6.07) is 14.6. The summed E-state index contributed by atoms with van der Waals surface area (Å²) < 4.78 is 1.04. The van der Waals surface area contributed by atoms with Crippen LogP contribution in [0.2, 0.25) is 0 Å². The van der Waals surface area contributed by atoms with Crippen molar-refractivity contribution in [1.82, 2.24) is 9.78 Å². The molecule has 3 aromatic rings. The Bertz CT molecular complexity index is 1120. The van der Waals surface area contributed by atoms with Crippen molar-refractivity contribution in [3.8, 4) is 11.3 Å². The lowest BCUT2D eigenvalue weighted by Gasteiger charge is -2.09. The van der Waals surface area contributed by atoms with Crippen LogP contribution in [-0.2, 0) is 11.3 Å². The number of benzene rings is 2. The van der Waals surface area contributed by atoms with E-state index in [0.29, 0.717) is 5.69 Å². The number of anilines is 1. The Morgan fingerprint density at radius 1 is 1.11 bits per heavy atom. The Balaban J connectivity index is 1.84. The second-order valence-electron chi connectivity index (χ2n) is 6.34. The molecule has 0 aliphatic rings. The zero-order chi connectivity index (χ0) is 20.3. The van der Waals surface area contributed by atoms with Crippen molar-refractivity contribution in [3.63, 3.8) is 0 Å². The average molecular weight is 378 g/mol. The zero-order valence-corrected chi connectivity index (χ0v) is 15.4. The van der Waals surface area contributed by atoms with E-state index in [2.05, 4.69) is 10.4 Å². The Morgan fingerprint density at radius 3 is 2.57 bits per heavy atom. The molecule has 8 heteroatoms. The third-order valence-electron chi connectivity index (χ3n) is 4.34. The summed E-state index contributed by atoms with van der Waals surface area (Å²) in [5, 5.41) is 17.8. The van der Waals surface area contributed by atoms with Crippen LogP contribution in [0.25, 0.3) is 11.3 Å². The molecule has 8 nitrogen and oxygen atoms in total. The molecule has 28 heavy (non-hydrogen) atoms. The Morgan fingerprint density at radius 2 is 1.86 bits per heavy atom. The van der Waals surface area contributed by atoms with Gasteiger partial charge in [-0.25, -0.2) is 4.68 Å². The van der Waals surface area contributed by atoms with Gasteiger partial charge >= 0.3 is 0 Å². The number of hydrogen-bond acceptors (Lipinski definition) is 5. The minimum absolute atomic E-state index is 0.0656. The maximum atomic E-state index is 12.3. The fourth-order valence-corrected chi connectivity index (χ4v) is 2.68. The molecule has 1 heterocycles. The second kappa shape index (κ2) is 7.83. The van der Waals surface area contributed by atoms with E-state index < -0.39 is 16.4 Å². The number of carbonyl (C=O) groups is 1. The topological polar surface area (TPSA) is 107 Å². The van der Waals surface area contributed by atoms with Crippen molar-refractivity contribution < 1.29 is 9.72 Å². The largest absolute Gasteiger partial charge is 0.319 e. The van der Waals surface area contributed by atoms with E-state index in [1.807, 2.05) is 32.0 Å². The van der Waals surface area contributed by atoms with Crippen LogP contribution in [0, 0.1) is 24.0 Å². The number of nitrogens with zero attached hydrogens (tertiary/aromatic N) is 3. The van der Waals surface area contributed by atoms with Gasteiger partial charge in [-0.05, 0) is 43.2 Å². The molecule has 142 valence electrons. The molecule has 3 rings (SSSR count). The van der Waals surface area contributed by atoms with Crippen molar-refractivity contribution in [3.05, 3.63) is 86.2 Å². The lowest BCUT2D eigenvalue weighted by atomic mass is 10.0. The van der Waals surface area contributed by atoms with Gasteiger partial charge in [0, 0.05) is 17.7 Å². The number of para-hydroxylation sites is 2. The third kappa shape index (κ3) is 4.12. The Hall–Kier alpha value is -3.81. The van der Waals surface area contributed by atoms with Crippen molar-refractivity contribution in [1.29, 1.82) is 0 Å². The van der Waals surface area contributed by atoms with E-state index in [9.17, 15) is 19.7 Å². The quantitative estimate of drug-likeness (QED) is 0.542. The van der Waals surface area contributed by atoms with Crippen LogP contribution in [0.1, 0.15) is 11.1 Å². The summed E-state index contributed by atoms with van der Waals surface area (Å²) in [5.41, 5.74) is 3.02. The number of nitrogens with one attached hydrogen (secondary N) is 1. The van der Waals surface area contributed by atoms with Gasteiger partial charge in [-0.2, -0.15) is 5.10 Å². The van der Waals surface area contributed by atoms with Gasteiger partial charge in [0.25, 0.3) is 11.2 Å². The van der Waals surface area contributed by atoms with Gasteiger partial charge < -0.3 is 5.32 Å². The zero-order valence-electron chi connectivity index (χ0n) is 15.4. The van der Waals surface area contributed by atoms with Crippen molar-refractivity contribution in [2.75, 3.05) is 5.32 Å². The van der Waals surface area contributed by atoms with Gasteiger partial charge in [-0.1, -0.05) is 24.3 Å². The number of amides is 1. The van der Waals surface area contributed by atoms with Crippen molar-refractivity contribution >= 4 is 17.3 Å². The predicted octanol–water partition coefficient (Wildman–Crippen LogP) is 3.07. The smallest absolute Gasteiger partial charge is 0.292 e. The van der Waals surface area contributed by atoms with Gasteiger partial charge in [-0.3, -0.25) is 19.7 Å². The highest BCUT2D eigenvalue weighted by Gasteiger charge is 2.16. The molecule has 0 spiro atoms. The summed E-state index contributed by atoms with van der Waals surface area (Å²) in [7, 11) is 0. The van der Waals surface area contributed by atoms with E-state index in [-0.39, 0.29) is 17.9 Å². The minimum Gasteiger partial charge on any atom is -0.319 e. The number of nitro groups is 1. The van der Waals surface area contributed by atoms with E-state index in [1.54, 1.807) is 12.1 Å². The molecule has 2 aromatic carbocycles. The van der Waals surface area contributed by atoms with Gasteiger partial charge in [0.05, 0.1) is 10.6 Å². The maximum Gasteiger partial charge on any atom is 0.292 e. The van der Waals surface area contributed by atoms with Crippen LogP contribution in [0.15, 0.2) is 59.4 Å². The van der Waals surface area contributed by atoms with Gasteiger partial charge in [0.1, 0.15) is 12.2 Å². The second-order valence-corrected chi connectivity index (χ2v) is 6.34. The summed E-state index contributed by atoms with van der Waals surface area (Å²) in [6.07, 6.45) is 0. The molecule has 0 aliphatic heterocycles. The number of aromatic nitrogens is 2. The lowest BCUT2D eigenvalue weighted by molar-refractivity contribution is -0.383. The number of carbonyl (C=O) groups excluding carboxylic acids is 1. The molecular weight excluding hydrogens is 360 g/mol. The van der Waals surface area contributed by atoms with Crippen molar-refractivity contribution in [2.45, 2.75) is 20.4 Å². The summed E-state index contributed by atoms with van der Waals surface area (Å²) in [5.74, 6) is -0.582. The summed E-state index contributed by atoms with van der Waals surface area (Å²) in [4.78, 5) is 34.9. The Kier molecular flexibility index (Phi) is 5.30. The van der Waals surface area contributed by atoms with Crippen LogP contribution in [-0.4, -0.2) is 20.6 Å². The molecular formula is C20H18N4O4. The highest BCUT2D eigenvalue weighted by Crippen LogP contribution is 2.23. The van der Waals surface area contributed by atoms with Gasteiger partial charge in [0.2, 0.25) is 5.91 Å². The van der Waals surface area contributed by atoms with Crippen LogP contribution in [0.4, 0.5) is 11.4 Å². The first-order valence-corrected chi connectivity index (χ1v) is 8.54. The monoisotopic (exact) mass is 378 g/mol. The van der Waals surface area contributed by atoms with Crippen LogP contribution in [0.5, 0.6) is 0 Å². The van der Waals surface area contributed by atoms with E-state index >= 15 is 0 Å². The number of nitro benzene ring substituents is 1. The fraction of sp³-hybridized carbons (Fsp3) is 0.150. The number of hydrogen-bond donors (Lipinski definition) is 1. The van der Waals surface area contributed by atoms with Crippen LogP contribution < -0.4 is 10.9 Å². The van der Waals surface area contributed by atoms with Crippen LogP contribution in [0.3, 0.4) is 0 Å². The minimum atomic E-state index is -0.583. The SMILES string of the molecule is Cc1ccc(-c2ccc(=O)n(CC(=O)Nc3ccccc3[N+](=O)[O-])n2)cc1C. The first kappa shape index (κ1) is 19.0. The maximum absolute atomic E-state index is 12.3. The molecule has 0 radical (unpaired) electrons. The highest BCUT2D eigenvalue weighted by atomic mass is 16.6. The third-order valence-corrected chi connectivity index (χ3v) is 4.34. The van der Waals surface area contributed by atoms with Gasteiger partial charge in [-0.15, -0.1) is 0 Å². The molecule has 0 saturated heterocycles. The van der Waals surface area contributed by atoms with E-state index in [0.717, 1.165) is 21.4 Å². The molecule has 0 bridgehead atoms. The molecule has 0 fully saturated rings. The summed E-state index contributed by atoms with van der Waals surface area (Å²) >= 11 is 0. The van der Waals surface area contributed by atoms with E-state index in [4.69, 9.17) is 0 Å². The molecule has 0 atom stereocenters. The Labute approximate surface area is 160 Å². The number of aryl methyl sites for hydroxylation is 2.